The number of aryl methyl sites for hydroxylation is 1. The lowest BCUT2D eigenvalue weighted by Crippen LogP contribution is -2.51. The Hall–Kier alpha value is -2.89. The van der Waals surface area contributed by atoms with E-state index in [2.05, 4.69) is 4.98 Å². The third kappa shape index (κ3) is 5.21. The maximum absolute atomic E-state index is 13.0. The quantitative estimate of drug-likeness (QED) is 0.444. The van der Waals surface area contributed by atoms with Gasteiger partial charge in [0, 0.05) is 46.2 Å². The molecule has 1 aliphatic carbocycles. The van der Waals surface area contributed by atoms with Crippen LogP contribution in [0.1, 0.15) is 50.8 Å². The molecule has 0 N–H and O–H groups in total. The van der Waals surface area contributed by atoms with Gasteiger partial charge in [-0.25, -0.2) is 19.6 Å². The van der Waals surface area contributed by atoms with Crippen molar-refractivity contribution in [1.29, 1.82) is 0 Å². The molecule has 0 aromatic carbocycles. The van der Waals surface area contributed by atoms with Crippen LogP contribution in [0.2, 0.25) is 0 Å². The molecule has 12 heteroatoms. The van der Waals surface area contributed by atoms with Crippen LogP contribution in [0, 0.1) is 0 Å². The monoisotopic (exact) mass is 504 g/mol. The van der Waals surface area contributed by atoms with E-state index in [9.17, 15) is 19.2 Å². The number of aromatic nitrogens is 4. The summed E-state index contributed by atoms with van der Waals surface area (Å²) in [7, 11) is 3.03. The minimum Gasteiger partial charge on any atom is -0.450 e. The van der Waals surface area contributed by atoms with Gasteiger partial charge < -0.3 is 14.5 Å². The van der Waals surface area contributed by atoms with Gasteiger partial charge in [-0.3, -0.25) is 18.7 Å². The molecule has 0 unspecified atom stereocenters. The zero-order valence-electron chi connectivity index (χ0n) is 20.5. The lowest BCUT2D eigenvalue weighted by atomic mass is 9.89. The number of rotatable bonds is 5. The maximum atomic E-state index is 13.0. The van der Waals surface area contributed by atoms with E-state index in [0.717, 1.165) is 30.3 Å². The summed E-state index contributed by atoms with van der Waals surface area (Å²) in [6, 6.07) is 0. The van der Waals surface area contributed by atoms with Crippen molar-refractivity contribution in [1.82, 2.24) is 28.9 Å². The van der Waals surface area contributed by atoms with Crippen LogP contribution in [0.4, 0.5) is 4.79 Å². The second kappa shape index (κ2) is 10.8. The minimum atomic E-state index is -0.462. The Balaban J connectivity index is 1.57. The Morgan fingerprint density at radius 1 is 0.971 bits per heavy atom. The second-order valence-corrected chi connectivity index (χ2v) is 9.95. The highest BCUT2D eigenvalue weighted by atomic mass is 32.2. The van der Waals surface area contributed by atoms with Crippen LogP contribution in [-0.4, -0.2) is 79.4 Å². The number of amides is 2. The van der Waals surface area contributed by atoms with E-state index in [1.807, 2.05) is 0 Å². The molecular weight excluding hydrogens is 472 g/mol. The van der Waals surface area contributed by atoms with Gasteiger partial charge in [-0.1, -0.05) is 31.0 Å². The summed E-state index contributed by atoms with van der Waals surface area (Å²) in [4.78, 5) is 63.2. The molecule has 1 saturated heterocycles. The number of carbonyl (C=O) groups excluding carboxylic acids is 2. The molecule has 2 fully saturated rings. The first-order chi connectivity index (χ1) is 16.8. The summed E-state index contributed by atoms with van der Waals surface area (Å²) in [5.74, 6) is 0.824. The molecule has 0 spiro atoms. The van der Waals surface area contributed by atoms with Gasteiger partial charge in [-0.15, -0.1) is 0 Å². The molecule has 2 amide bonds. The molecule has 190 valence electrons. The van der Waals surface area contributed by atoms with Crippen molar-refractivity contribution >= 4 is 34.8 Å². The number of piperazine rings is 1. The summed E-state index contributed by atoms with van der Waals surface area (Å²) < 4.78 is 7.46. The zero-order valence-corrected chi connectivity index (χ0v) is 21.3. The number of nitrogens with zero attached hydrogens (tertiary/aromatic N) is 6. The fourth-order valence-electron chi connectivity index (χ4n) is 4.67. The molecule has 0 atom stereocenters. The fraction of sp³-hybridized carbons (Fsp3) is 0.652. The smallest absolute Gasteiger partial charge is 0.409 e. The van der Waals surface area contributed by atoms with Gasteiger partial charge in [0.15, 0.2) is 5.65 Å². The first-order valence-electron chi connectivity index (χ1n) is 12.1. The molecule has 1 saturated carbocycles. The van der Waals surface area contributed by atoms with E-state index in [-0.39, 0.29) is 29.1 Å². The Morgan fingerprint density at radius 3 is 2.29 bits per heavy atom. The van der Waals surface area contributed by atoms with Crippen molar-refractivity contribution in [2.75, 3.05) is 38.5 Å². The van der Waals surface area contributed by atoms with E-state index < -0.39 is 11.2 Å². The zero-order chi connectivity index (χ0) is 25.1. The summed E-state index contributed by atoms with van der Waals surface area (Å²) in [5, 5.41) is 0.698. The summed E-state index contributed by atoms with van der Waals surface area (Å²) >= 11 is 1.21. The van der Waals surface area contributed by atoms with Gasteiger partial charge in [-0.05, 0) is 19.8 Å². The van der Waals surface area contributed by atoms with Crippen molar-refractivity contribution in [3.63, 3.8) is 0 Å². The van der Waals surface area contributed by atoms with Crippen LogP contribution in [0.15, 0.2) is 14.6 Å². The van der Waals surface area contributed by atoms with Crippen LogP contribution in [0.5, 0.6) is 0 Å². The van der Waals surface area contributed by atoms with Crippen molar-refractivity contribution in [3.8, 4) is 0 Å². The van der Waals surface area contributed by atoms with Gasteiger partial charge in [0.05, 0.1) is 12.4 Å². The Labute approximate surface area is 207 Å². The van der Waals surface area contributed by atoms with E-state index in [1.165, 1.54) is 29.8 Å². The van der Waals surface area contributed by atoms with Gasteiger partial charge >= 0.3 is 11.8 Å². The van der Waals surface area contributed by atoms with E-state index in [0.29, 0.717) is 49.3 Å². The topological polar surface area (TPSA) is 120 Å². The van der Waals surface area contributed by atoms with Gasteiger partial charge in [-0.2, -0.15) is 0 Å². The highest BCUT2D eigenvalue weighted by Gasteiger charge is 2.27. The van der Waals surface area contributed by atoms with E-state index >= 15 is 0 Å². The van der Waals surface area contributed by atoms with Gasteiger partial charge in [0.2, 0.25) is 5.91 Å². The fourth-order valence-corrected chi connectivity index (χ4v) is 5.59. The van der Waals surface area contributed by atoms with Gasteiger partial charge in [0.1, 0.15) is 16.2 Å². The number of fused-ring (bicyclic) bond motifs is 1. The SMILES string of the molecule is CCOC(=O)N1CCN(C(=O)CSc2nc(C3CCCCC3)nc3c2c(=O)n(C)c(=O)n3C)CC1. The lowest BCUT2D eigenvalue weighted by molar-refractivity contribution is -0.129. The molecule has 0 bridgehead atoms. The Bertz CT molecular complexity index is 1230. The van der Waals surface area contributed by atoms with Crippen LogP contribution in [0.25, 0.3) is 11.0 Å². The third-order valence-corrected chi connectivity index (χ3v) is 7.71. The maximum Gasteiger partial charge on any atom is 0.409 e. The van der Waals surface area contributed by atoms with Crippen LogP contribution < -0.4 is 11.2 Å². The average Bonchev–Trinajstić information content (AvgIpc) is 2.89. The first-order valence-corrected chi connectivity index (χ1v) is 13.1. The van der Waals surface area contributed by atoms with Crippen LogP contribution in [-0.2, 0) is 23.6 Å². The van der Waals surface area contributed by atoms with Crippen molar-refractivity contribution < 1.29 is 14.3 Å². The summed E-state index contributed by atoms with van der Waals surface area (Å²) in [6.07, 6.45) is 4.96. The lowest BCUT2D eigenvalue weighted by Gasteiger charge is -2.34. The molecule has 1 aliphatic heterocycles. The Kier molecular flexibility index (Phi) is 7.78. The predicted octanol–water partition coefficient (Wildman–Crippen LogP) is 1.47. The molecule has 2 aromatic rings. The molecular formula is C23H32N6O5S. The number of hydrogen-bond donors (Lipinski definition) is 0. The van der Waals surface area contributed by atoms with Crippen LogP contribution in [0.3, 0.4) is 0 Å². The number of carbonyl (C=O) groups is 2. The molecule has 4 rings (SSSR count). The number of ether oxygens (including phenoxy) is 1. The van der Waals surface area contributed by atoms with Crippen molar-refractivity contribution in [2.24, 2.45) is 14.1 Å². The molecule has 0 radical (unpaired) electrons. The first kappa shape index (κ1) is 25.2. The summed E-state index contributed by atoms with van der Waals surface area (Å²) in [6.45, 7) is 3.75. The minimum absolute atomic E-state index is 0.0915. The van der Waals surface area contributed by atoms with E-state index in [1.54, 1.807) is 23.8 Å². The summed E-state index contributed by atoms with van der Waals surface area (Å²) in [5.41, 5.74) is -0.592. The number of thioether (sulfide) groups is 1. The number of hydrogen-bond acceptors (Lipinski definition) is 8. The Morgan fingerprint density at radius 2 is 1.63 bits per heavy atom. The van der Waals surface area contributed by atoms with Crippen molar-refractivity contribution in [2.45, 2.75) is 50.0 Å². The molecule has 2 aromatic heterocycles. The van der Waals surface area contributed by atoms with Gasteiger partial charge in [0.25, 0.3) is 5.56 Å². The molecule has 3 heterocycles. The molecule has 2 aliphatic rings. The second-order valence-electron chi connectivity index (χ2n) is 8.98. The standard InChI is InChI=1S/C23H32N6O5S/c1-4-34-23(33)29-12-10-28(11-13-29)16(30)14-35-20-17-19(26(2)22(32)27(3)21(17)31)24-18(25-20)15-8-6-5-7-9-15/h15H,4-14H2,1-3H3. The molecule has 11 nitrogen and oxygen atoms in total. The van der Waals surface area contributed by atoms with E-state index in [4.69, 9.17) is 9.72 Å². The largest absolute Gasteiger partial charge is 0.450 e. The van der Waals surface area contributed by atoms with Crippen molar-refractivity contribution in [3.05, 3.63) is 26.7 Å². The third-order valence-electron chi connectivity index (χ3n) is 6.75. The highest BCUT2D eigenvalue weighted by molar-refractivity contribution is 8.00. The highest BCUT2D eigenvalue weighted by Crippen LogP contribution is 2.33. The average molecular weight is 505 g/mol. The normalized spacial score (nSPS) is 17.1. The molecule has 35 heavy (non-hydrogen) atoms. The predicted molar refractivity (Wildman–Crippen MR) is 132 cm³/mol. The van der Waals surface area contributed by atoms with Crippen LogP contribution >= 0.6 is 11.8 Å².